The van der Waals surface area contributed by atoms with Crippen LogP contribution in [0.15, 0.2) is 42.5 Å². The van der Waals surface area contributed by atoms with Crippen molar-refractivity contribution in [1.82, 2.24) is 9.55 Å². The smallest absolute Gasteiger partial charge is 0.106 e. The minimum absolute atomic E-state index is 0.523. The fraction of sp³-hybridized carbons (Fsp3) is 0.278. The lowest BCUT2D eigenvalue weighted by Gasteiger charge is -2.15. The van der Waals surface area contributed by atoms with Crippen molar-refractivity contribution >= 4 is 11.0 Å². The van der Waals surface area contributed by atoms with Gasteiger partial charge in [-0.3, -0.25) is 0 Å². The highest BCUT2D eigenvalue weighted by Gasteiger charge is 2.13. The summed E-state index contributed by atoms with van der Waals surface area (Å²) in [6, 6.07) is 14.3. The third kappa shape index (κ3) is 2.69. The highest BCUT2D eigenvalue weighted by Crippen LogP contribution is 2.22. The molecule has 1 heterocycles. The minimum atomic E-state index is -0.528. The number of hydrogen-bond acceptors (Lipinski definition) is 2. The van der Waals surface area contributed by atoms with Gasteiger partial charge in [-0.05, 0) is 38.5 Å². The van der Waals surface area contributed by atoms with Crippen molar-refractivity contribution in [2.75, 3.05) is 0 Å². The molecule has 1 atom stereocenters. The Morgan fingerprint density at radius 2 is 1.71 bits per heavy atom. The lowest BCUT2D eigenvalue weighted by atomic mass is 10.0. The zero-order chi connectivity index (χ0) is 15.0. The zero-order valence-electron chi connectivity index (χ0n) is 12.7. The summed E-state index contributed by atoms with van der Waals surface area (Å²) in [7, 11) is 0. The molecule has 1 N–H and O–H groups in total. The molecule has 0 spiro atoms. The van der Waals surface area contributed by atoms with Crippen LogP contribution >= 0.6 is 0 Å². The Morgan fingerprint density at radius 1 is 1.05 bits per heavy atom. The topological polar surface area (TPSA) is 38.0 Å². The van der Waals surface area contributed by atoms with Crippen LogP contribution < -0.4 is 0 Å². The Balaban J connectivity index is 1.96. The second kappa shape index (κ2) is 5.34. The van der Waals surface area contributed by atoms with E-state index in [0.717, 1.165) is 22.4 Å². The summed E-state index contributed by atoms with van der Waals surface area (Å²) in [4.78, 5) is 4.55. The summed E-state index contributed by atoms with van der Waals surface area (Å²) < 4.78 is 2.08. The molecule has 0 bridgehead atoms. The van der Waals surface area contributed by atoms with E-state index in [9.17, 15) is 5.11 Å². The molecule has 108 valence electrons. The van der Waals surface area contributed by atoms with Crippen LogP contribution in [-0.4, -0.2) is 14.7 Å². The van der Waals surface area contributed by atoms with Crippen LogP contribution in [0.4, 0.5) is 0 Å². The lowest BCUT2D eigenvalue weighted by molar-refractivity contribution is 0.157. The van der Waals surface area contributed by atoms with Crippen LogP contribution in [0.5, 0.6) is 0 Å². The monoisotopic (exact) mass is 280 g/mol. The average Bonchev–Trinajstić information content (AvgIpc) is 2.74. The summed E-state index contributed by atoms with van der Waals surface area (Å²) in [5.41, 5.74) is 5.36. The summed E-state index contributed by atoms with van der Waals surface area (Å²) in [6.07, 6.45) is -0.528. The predicted molar refractivity (Wildman–Crippen MR) is 85.3 cm³/mol. The molecule has 0 saturated heterocycles. The third-order valence-electron chi connectivity index (χ3n) is 3.83. The second-order valence-corrected chi connectivity index (χ2v) is 5.70. The molecule has 1 aromatic heterocycles. The maximum Gasteiger partial charge on any atom is 0.106 e. The van der Waals surface area contributed by atoms with Gasteiger partial charge in [0.15, 0.2) is 0 Å². The van der Waals surface area contributed by atoms with Crippen LogP contribution in [0.25, 0.3) is 11.0 Å². The molecular weight excluding hydrogens is 260 g/mol. The predicted octanol–water partition coefficient (Wildman–Crippen LogP) is 3.70. The van der Waals surface area contributed by atoms with Gasteiger partial charge in [-0.15, -0.1) is 0 Å². The lowest BCUT2D eigenvalue weighted by Crippen LogP contribution is -2.10. The van der Waals surface area contributed by atoms with Gasteiger partial charge >= 0.3 is 0 Å². The van der Waals surface area contributed by atoms with Crippen molar-refractivity contribution in [3.05, 3.63) is 65.0 Å². The molecule has 0 saturated carbocycles. The van der Waals surface area contributed by atoms with Crippen molar-refractivity contribution in [2.24, 2.45) is 0 Å². The highest BCUT2D eigenvalue weighted by atomic mass is 16.3. The first kappa shape index (κ1) is 13.8. The number of aromatic nitrogens is 2. The number of aryl methyl sites for hydroxylation is 3. The molecule has 3 rings (SSSR count). The van der Waals surface area contributed by atoms with Crippen LogP contribution in [0.2, 0.25) is 0 Å². The molecular formula is C18H20N2O. The number of aliphatic hydroxyl groups excluding tert-OH is 1. The molecule has 0 fully saturated rings. The Kier molecular flexibility index (Phi) is 3.52. The molecule has 21 heavy (non-hydrogen) atoms. The molecule has 0 aliphatic rings. The van der Waals surface area contributed by atoms with E-state index in [1.807, 2.05) is 43.3 Å². The molecule has 0 aliphatic heterocycles. The van der Waals surface area contributed by atoms with Gasteiger partial charge in [0.05, 0.1) is 23.7 Å². The summed E-state index contributed by atoms with van der Waals surface area (Å²) >= 11 is 0. The summed E-state index contributed by atoms with van der Waals surface area (Å²) in [6.45, 7) is 6.62. The fourth-order valence-corrected chi connectivity index (χ4v) is 2.91. The number of benzene rings is 2. The van der Waals surface area contributed by atoms with Gasteiger partial charge in [-0.1, -0.05) is 41.5 Å². The molecule has 0 aliphatic carbocycles. The second-order valence-electron chi connectivity index (χ2n) is 5.70. The minimum Gasteiger partial charge on any atom is -0.387 e. The highest BCUT2D eigenvalue weighted by molar-refractivity contribution is 5.75. The quantitative estimate of drug-likeness (QED) is 0.794. The number of para-hydroxylation sites is 2. The third-order valence-corrected chi connectivity index (χ3v) is 3.83. The molecule has 3 aromatic rings. The normalized spacial score (nSPS) is 12.8. The molecule has 0 radical (unpaired) electrons. The average molecular weight is 280 g/mol. The zero-order valence-corrected chi connectivity index (χ0v) is 12.7. The number of rotatable bonds is 3. The SMILES string of the molecule is Cc1cc(C)cc(C(O)Cn2c(C)nc3ccccc32)c1. The first-order valence-corrected chi connectivity index (χ1v) is 7.23. The molecule has 3 heteroatoms. The molecule has 1 unspecified atom stereocenters. The van der Waals surface area contributed by atoms with Crippen molar-refractivity contribution in [1.29, 1.82) is 0 Å². The van der Waals surface area contributed by atoms with E-state index in [0.29, 0.717) is 6.54 Å². The Hall–Kier alpha value is -2.13. The van der Waals surface area contributed by atoms with E-state index in [1.54, 1.807) is 0 Å². The van der Waals surface area contributed by atoms with E-state index < -0.39 is 6.10 Å². The number of fused-ring (bicyclic) bond motifs is 1. The number of hydrogen-bond donors (Lipinski definition) is 1. The van der Waals surface area contributed by atoms with Gasteiger partial charge < -0.3 is 9.67 Å². The van der Waals surface area contributed by atoms with Crippen molar-refractivity contribution in [3.63, 3.8) is 0 Å². The molecule has 0 amide bonds. The maximum absolute atomic E-state index is 10.6. The van der Waals surface area contributed by atoms with Gasteiger partial charge in [0.1, 0.15) is 5.82 Å². The van der Waals surface area contributed by atoms with Gasteiger partial charge in [0, 0.05) is 0 Å². The van der Waals surface area contributed by atoms with E-state index >= 15 is 0 Å². The molecule has 2 aromatic carbocycles. The Morgan fingerprint density at radius 3 is 2.43 bits per heavy atom. The van der Waals surface area contributed by atoms with Crippen LogP contribution in [0.1, 0.15) is 28.6 Å². The van der Waals surface area contributed by atoms with E-state index in [1.165, 1.54) is 11.1 Å². The van der Waals surface area contributed by atoms with E-state index in [4.69, 9.17) is 0 Å². The van der Waals surface area contributed by atoms with Gasteiger partial charge in [0.25, 0.3) is 0 Å². The van der Waals surface area contributed by atoms with Crippen LogP contribution in [-0.2, 0) is 6.54 Å². The number of imidazole rings is 1. The summed E-state index contributed by atoms with van der Waals surface area (Å²) in [5, 5.41) is 10.6. The van der Waals surface area contributed by atoms with E-state index in [2.05, 4.69) is 29.5 Å². The van der Waals surface area contributed by atoms with Crippen molar-refractivity contribution in [3.8, 4) is 0 Å². The van der Waals surface area contributed by atoms with Crippen molar-refractivity contribution < 1.29 is 5.11 Å². The van der Waals surface area contributed by atoms with E-state index in [-0.39, 0.29) is 0 Å². The summed E-state index contributed by atoms with van der Waals surface area (Å²) in [5.74, 6) is 0.930. The maximum atomic E-state index is 10.6. The van der Waals surface area contributed by atoms with Crippen molar-refractivity contribution in [2.45, 2.75) is 33.4 Å². The van der Waals surface area contributed by atoms with Gasteiger partial charge in [-0.25, -0.2) is 4.98 Å². The Labute approximate surface area is 124 Å². The fourth-order valence-electron chi connectivity index (χ4n) is 2.91. The van der Waals surface area contributed by atoms with Crippen LogP contribution in [0.3, 0.4) is 0 Å². The largest absolute Gasteiger partial charge is 0.387 e. The van der Waals surface area contributed by atoms with Crippen LogP contribution in [0, 0.1) is 20.8 Å². The van der Waals surface area contributed by atoms with Gasteiger partial charge in [0.2, 0.25) is 0 Å². The first-order valence-electron chi connectivity index (χ1n) is 7.23. The Bertz CT molecular complexity index is 769. The van der Waals surface area contributed by atoms with Gasteiger partial charge in [-0.2, -0.15) is 0 Å². The first-order chi connectivity index (χ1) is 10.0. The number of nitrogens with zero attached hydrogens (tertiary/aromatic N) is 2. The standard InChI is InChI=1S/C18H20N2O/c1-12-8-13(2)10-15(9-12)18(21)11-20-14(3)19-16-6-4-5-7-17(16)20/h4-10,18,21H,11H2,1-3H3. The molecule has 3 nitrogen and oxygen atoms in total. The number of aliphatic hydroxyl groups is 1.